The topological polar surface area (TPSA) is 65.2 Å². The lowest BCUT2D eigenvalue weighted by Crippen LogP contribution is -2.05. The molecule has 2 heterocycles. The molecule has 3 rings (SSSR count). The molecule has 0 radical (unpaired) electrons. The second-order valence-electron chi connectivity index (χ2n) is 4.81. The summed E-state index contributed by atoms with van der Waals surface area (Å²) < 4.78 is 10.2. The van der Waals surface area contributed by atoms with E-state index in [-0.39, 0.29) is 18.5 Å². The molecule has 0 aliphatic carbocycles. The third-order valence-electron chi connectivity index (χ3n) is 3.11. The van der Waals surface area contributed by atoms with Gasteiger partial charge in [-0.05, 0) is 40.9 Å². The van der Waals surface area contributed by atoms with Crippen molar-refractivity contribution in [1.29, 1.82) is 0 Å². The van der Waals surface area contributed by atoms with Crippen molar-refractivity contribution in [2.45, 2.75) is 19.4 Å². The van der Waals surface area contributed by atoms with Gasteiger partial charge in [0.15, 0.2) is 6.61 Å². The molecule has 1 aromatic carbocycles. The van der Waals surface area contributed by atoms with Crippen LogP contribution in [0.4, 0.5) is 0 Å². The summed E-state index contributed by atoms with van der Waals surface area (Å²) in [7, 11) is 0. The molecule has 0 amide bonds. The van der Waals surface area contributed by atoms with Crippen molar-refractivity contribution in [2.75, 3.05) is 0 Å². The van der Waals surface area contributed by atoms with Gasteiger partial charge in [0.25, 0.3) is 5.89 Å². The SMILES string of the molecule is O=C(CCc1ccsc1)OCc1nc(-c2cccc(Cl)c2)no1. The van der Waals surface area contributed by atoms with E-state index in [2.05, 4.69) is 10.1 Å². The lowest BCUT2D eigenvalue weighted by atomic mass is 10.2. The van der Waals surface area contributed by atoms with Gasteiger partial charge in [-0.15, -0.1) is 0 Å². The van der Waals surface area contributed by atoms with Crippen molar-refractivity contribution >= 4 is 28.9 Å². The molecule has 0 spiro atoms. The van der Waals surface area contributed by atoms with Crippen LogP contribution in [0.2, 0.25) is 5.02 Å². The Labute approximate surface area is 141 Å². The molecule has 0 N–H and O–H groups in total. The van der Waals surface area contributed by atoms with Crippen LogP contribution in [0.5, 0.6) is 0 Å². The molecule has 7 heteroatoms. The molecular weight excluding hydrogens is 336 g/mol. The fourth-order valence-electron chi connectivity index (χ4n) is 1.95. The molecule has 0 saturated carbocycles. The van der Waals surface area contributed by atoms with Crippen LogP contribution < -0.4 is 0 Å². The van der Waals surface area contributed by atoms with Crippen LogP contribution in [0.15, 0.2) is 45.6 Å². The normalized spacial score (nSPS) is 10.7. The third kappa shape index (κ3) is 4.40. The zero-order valence-electron chi connectivity index (χ0n) is 12.1. The smallest absolute Gasteiger partial charge is 0.306 e. The number of carbonyl (C=O) groups excluding carboxylic acids is 1. The van der Waals surface area contributed by atoms with Gasteiger partial charge >= 0.3 is 5.97 Å². The first-order chi connectivity index (χ1) is 11.2. The number of rotatable bonds is 6. The summed E-state index contributed by atoms with van der Waals surface area (Å²) in [6.07, 6.45) is 0.992. The largest absolute Gasteiger partial charge is 0.456 e. The first-order valence-electron chi connectivity index (χ1n) is 6.96. The van der Waals surface area contributed by atoms with Crippen LogP contribution in [-0.2, 0) is 22.6 Å². The molecule has 3 aromatic rings. The molecule has 118 valence electrons. The van der Waals surface area contributed by atoms with Crippen molar-refractivity contribution in [2.24, 2.45) is 0 Å². The minimum atomic E-state index is -0.293. The van der Waals surface area contributed by atoms with E-state index in [1.165, 1.54) is 0 Å². The van der Waals surface area contributed by atoms with E-state index in [9.17, 15) is 4.79 Å². The van der Waals surface area contributed by atoms with Crippen molar-refractivity contribution in [3.8, 4) is 11.4 Å². The van der Waals surface area contributed by atoms with Gasteiger partial charge in [-0.2, -0.15) is 16.3 Å². The van der Waals surface area contributed by atoms with E-state index in [0.717, 1.165) is 11.1 Å². The maximum atomic E-state index is 11.7. The number of benzene rings is 1. The van der Waals surface area contributed by atoms with Crippen LogP contribution in [0.1, 0.15) is 17.9 Å². The lowest BCUT2D eigenvalue weighted by molar-refractivity contribution is -0.145. The molecule has 0 saturated heterocycles. The summed E-state index contributed by atoms with van der Waals surface area (Å²) in [5.74, 6) is 0.374. The van der Waals surface area contributed by atoms with Crippen LogP contribution in [0, 0.1) is 0 Å². The maximum absolute atomic E-state index is 11.7. The summed E-state index contributed by atoms with van der Waals surface area (Å²) in [4.78, 5) is 15.9. The van der Waals surface area contributed by atoms with E-state index < -0.39 is 0 Å². The van der Waals surface area contributed by atoms with Crippen molar-refractivity contribution in [3.63, 3.8) is 0 Å². The minimum absolute atomic E-state index is 0.0317. The Hall–Kier alpha value is -2.18. The lowest BCUT2D eigenvalue weighted by Gasteiger charge is -2.00. The Morgan fingerprint density at radius 3 is 3.04 bits per heavy atom. The van der Waals surface area contributed by atoms with Gasteiger partial charge in [-0.25, -0.2) is 0 Å². The van der Waals surface area contributed by atoms with Gasteiger partial charge in [0, 0.05) is 17.0 Å². The van der Waals surface area contributed by atoms with Crippen LogP contribution >= 0.6 is 22.9 Å². The van der Waals surface area contributed by atoms with Gasteiger partial charge < -0.3 is 9.26 Å². The second kappa shape index (κ2) is 7.39. The number of aromatic nitrogens is 2. The third-order valence-corrected chi connectivity index (χ3v) is 4.07. The molecule has 0 fully saturated rings. The predicted molar refractivity (Wildman–Crippen MR) is 87.2 cm³/mol. The number of esters is 1. The monoisotopic (exact) mass is 348 g/mol. The highest BCUT2D eigenvalue weighted by atomic mass is 35.5. The molecule has 5 nitrogen and oxygen atoms in total. The standard InChI is InChI=1S/C16H13ClN2O3S/c17-13-3-1-2-12(8-13)16-18-14(22-19-16)9-21-15(20)5-4-11-6-7-23-10-11/h1-3,6-8,10H,4-5,9H2. The number of nitrogens with zero attached hydrogens (tertiary/aromatic N) is 2. The fourth-order valence-corrected chi connectivity index (χ4v) is 2.85. The van der Waals surface area contributed by atoms with E-state index >= 15 is 0 Å². The Bertz CT molecular complexity index is 786. The molecule has 0 aliphatic rings. The van der Waals surface area contributed by atoms with Gasteiger partial charge in [-0.3, -0.25) is 4.79 Å². The Morgan fingerprint density at radius 1 is 1.35 bits per heavy atom. The second-order valence-corrected chi connectivity index (χ2v) is 6.03. The Balaban J connectivity index is 1.52. The summed E-state index contributed by atoms with van der Waals surface area (Å²) in [6.45, 7) is -0.0317. The van der Waals surface area contributed by atoms with Gasteiger partial charge in [0.05, 0.1) is 0 Å². The van der Waals surface area contributed by atoms with Gasteiger partial charge in [-0.1, -0.05) is 28.9 Å². The van der Waals surface area contributed by atoms with E-state index in [0.29, 0.717) is 23.7 Å². The van der Waals surface area contributed by atoms with E-state index in [1.54, 1.807) is 29.5 Å². The number of halogens is 1. The highest BCUT2D eigenvalue weighted by Gasteiger charge is 2.11. The molecule has 0 bridgehead atoms. The number of aryl methyl sites for hydroxylation is 1. The summed E-state index contributed by atoms with van der Waals surface area (Å²) in [6, 6.07) is 9.13. The zero-order chi connectivity index (χ0) is 16.1. The van der Waals surface area contributed by atoms with Crippen molar-refractivity contribution in [3.05, 3.63) is 57.6 Å². The zero-order valence-corrected chi connectivity index (χ0v) is 13.6. The number of thiophene rings is 1. The first kappa shape index (κ1) is 15.7. The van der Waals surface area contributed by atoms with E-state index in [1.807, 2.05) is 22.9 Å². The molecule has 2 aromatic heterocycles. The average Bonchev–Trinajstić information content (AvgIpc) is 3.22. The summed E-state index contributed by atoms with van der Waals surface area (Å²) in [5, 5.41) is 8.45. The Morgan fingerprint density at radius 2 is 2.26 bits per heavy atom. The quantitative estimate of drug-likeness (QED) is 0.627. The highest BCUT2D eigenvalue weighted by molar-refractivity contribution is 7.07. The van der Waals surface area contributed by atoms with Crippen molar-refractivity contribution < 1.29 is 14.1 Å². The number of ether oxygens (including phenoxy) is 1. The van der Waals surface area contributed by atoms with Crippen molar-refractivity contribution in [1.82, 2.24) is 10.1 Å². The average molecular weight is 349 g/mol. The fraction of sp³-hybridized carbons (Fsp3) is 0.188. The first-order valence-corrected chi connectivity index (χ1v) is 8.28. The summed E-state index contributed by atoms with van der Waals surface area (Å²) >= 11 is 7.53. The molecule has 0 aliphatic heterocycles. The van der Waals surface area contributed by atoms with Gasteiger partial charge in [0.2, 0.25) is 5.82 Å². The number of carbonyl (C=O) groups is 1. The number of hydrogen-bond donors (Lipinski definition) is 0. The van der Waals surface area contributed by atoms with Gasteiger partial charge in [0.1, 0.15) is 0 Å². The minimum Gasteiger partial charge on any atom is -0.456 e. The molecule has 23 heavy (non-hydrogen) atoms. The molecular formula is C16H13ClN2O3S. The van der Waals surface area contributed by atoms with Crippen LogP contribution in [0.3, 0.4) is 0 Å². The Kier molecular flexibility index (Phi) is 5.05. The van der Waals surface area contributed by atoms with E-state index in [4.69, 9.17) is 20.9 Å². The van der Waals surface area contributed by atoms with Crippen LogP contribution in [-0.4, -0.2) is 16.1 Å². The summed E-state index contributed by atoms with van der Waals surface area (Å²) in [5.41, 5.74) is 1.88. The number of hydrogen-bond acceptors (Lipinski definition) is 6. The molecule has 0 unspecified atom stereocenters. The maximum Gasteiger partial charge on any atom is 0.306 e. The van der Waals surface area contributed by atoms with Crippen LogP contribution in [0.25, 0.3) is 11.4 Å². The highest BCUT2D eigenvalue weighted by Crippen LogP contribution is 2.20. The molecule has 0 atom stereocenters. The predicted octanol–water partition coefficient (Wildman–Crippen LogP) is 4.13.